The molecule has 0 N–H and O–H groups in total. The second kappa shape index (κ2) is 5.74. The Hall–Kier alpha value is -1.45. The molecular weight excluding hydrogens is 348 g/mol. The van der Waals surface area contributed by atoms with Gasteiger partial charge in [-0.1, -0.05) is 58.7 Å². The van der Waals surface area contributed by atoms with Crippen LogP contribution in [0.25, 0.3) is 22.3 Å². The van der Waals surface area contributed by atoms with E-state index in [1.54, 1.807) is 0 Å². The Morgan fingerprint density at radius 2 is 1.90 bits per heavy atom. The molecule has 0 aliphatic carbocycles. The zero-order chi connectivity index (χ0) is 15.0. The Balaban J connectivity index is 2.30. The summed E-state index contributed by atoms with van der Waals surface area (Å²) >= 11 is 9.87. The zero-order valence-corrected chi connectivity index (χ0v) is 14.2. The molecule has 0 saturated carbocycles. The molecule has 2 nitrogen and oxygen atoms in total. The minimum atomic E-state index is 0.491. The number of fused-ring (bicyclic) bond motifs is 1. The Morgan fingerprint density at radius 1 is 1.14 bits per heavy atom. The first-order chi connectivity index (χ1) is 10.1. The molecule has 0 amide bonds. The smallest absolute Gasteiger partial charge is 0.161 e. The number of halogens is 2. The van der Waals surface area contributed by atoms with E-state index >= 15 is 0 Å². The van der Waals surface area contributed by atoms with Crippen molar-refractivity contribution in [2.75, 3.05) is 0 Å². The van der Waals surface area contributed by atoms with Crippen LogP contribution in [0.15, 0.2) is 40.9 Å². The predicted molar refractivity (Wildman–Crippen MR) is 91.8 cm³/mol. The Morgan fingerprint density at radius 3 is 2.67 bits per heavy atom. The number of hydrogen-bond donors (Lipinski definition) is 0. The second-order valence-electron chi connectivity index (χ2n) is 4.97. The number of hydrogen-bond acceptors (Lipinski definition) is 2. The van der Waals surface area contributed by atoms with Crippen molar-refractivity contribution < 1.29 is 0 Å². The van der Waals surface area contributed by atoms with Gasteiger partial charge in [0.05, 0.1) is 5.52 Å². The Labute approximate surface area is 137 Å². The van der Waals surface area contributed by atoms with Crippen LogP contribution in [0.2, 0.25) is 5.15 Å². The van der Waals surface area contributed by atoms with Gasteiger partial charge in [0.15, 0.2) is 5.82 Å². The minimum Gasteiger partial charge on any atom is -0.228 e. The molecular formula is C17H14BrClN2. The highest BCUT2D eigenvalue weighted by atomic mass is 79.9. The second-order valence-corrected chi connectivity index (χ2v) is 6.24. The van der Waals surface area contributed by atoms with Crippen LogP contribution >= 0.6 is 27.5 Å². The van der Waals surface area contributed by atoms with Crippen molar-refractivity contribution in [3.63, 3.8) is 0 Å². The first-order valence-corrected chi connectivity index (χ1v) is 7.99. The lowest BCUT2D eigenvalue weighted by Gasteiger charge is -2.10. The van der Waals surface area contributed by atoms with E-state index in [0.29, 0.717) is 11.0 Å². The maximum absolute atomic E-state index is 6.38. The van der Waals surface area contributed by atoms with Crippen molar-refractivity contribution in [3.05, 3.63) is 57.2 Å². The van der Waals surface area contributed by atoms with Crippen molar-refractivity contribution in [1.82, 2.24) is 9.97 Å². The van der Waals surface area contributed by atoms with Gasteiger partial charge in [-0.25, -0.2) is 9.97 Å². The number of nitrogens with zero attached hydrogens (tertiary/aromatic N) is 2. The van der Waals surface area contributed by atoms with Crippen molar-refractivity contribution in [2.45, 2.75) is 20.3 Å². The van der Waals surface area contributed by atoms with E-state index in [0.717, 1.165) is 32.9 Å². The normalized spacial score (nSPS) is 11.0. The summed E-state index contributed by atoms with van der Waals surface area (Å²) in [4.78, 5) is 9.24. The molecule has 2 aromatic carbocycles. The maximum Gasteiger partial charge on any atom is 0.161 e. The van der Waals surface area contributed by atoms with Crippen LogP contribution in [-0.4, -0.2) is 9.97 Å². The molecule has 3 rings (SSSR count). The van der Waals surface area contributed by atoms with Crippen LogP contribution in [-0.2, 0) is 6.42 Å². The van der Waals surface area contributed by atoms with Crippen LogP contribution < -0.4 is 0 Å². The summed E-state index contributed by atoms with van der Waals surface area (Å²) in [5.74, 6) is 0.690. The molecule has 1 heterocycles. The lowest BCUT2D eigenvalue weighted by molar-refractivity contribution is 1.12. The number of rotatable bonds is 2. The van der Waals surface area contributed by atoms with Crippen molar-refractivity contribution in [2.24, 2.45) is 0 Å². The van der Waals surface area contributed by atoms with Gasteiger partial charge in [0, 0.05) is 15.4 Å². The maximum atomic E-state index is 6.38. The fourth-order valence-electron chi connectivity index (χ4n) is 2.49. The van der Waals surface area contributed by atoms with Gasteiger partial charge in [-0.3, -0.25) is 0 Å². The third-order valence-corrected chi connectivity index (χ3v) is 4.29. The molecule has 3 aromatic rings. The van der Waals surface area contributed by atoms with Gasteiger partial charge in [-0.15, -0.1) is 0 Å². The van der Waals surface area contributed by atoms with Crippen LogP contribution in [0.1, 0.15) is 18.1 Å². The molecule has 0 aliphatic rings. The van der Waals surface area contributed by atoms with Gasteiger partial charge in [-0.05, 0) is 36.6 Å². The number of aryl methyl sites for hydroxylation is 2. The van der Waals surface area contributed by atoms with Gasteiger partial charge < -0.3 is 0 Å². The number of aromatic nitrogens is 2. The largest absolute Gasteiger partial charge is 0.228 e. The van der Waals surface area contributed by atoms with Gasteiger partial charge in [-0.2, -0.15) is 0 Å². The third kappa shape index (κ3) is 2.68. The SMILES string of the molecule is CCc1ccccc1-c1nc(Cl)c2cc(Br)cc(C)c2n1. The zero-order valence-electron chi connectivity index (χ0n) is 11.8. The molecule has 4 heteroatoms. The molecule has 21 heavy (non-hydrogen) atoms. The van der Waals surface area contributed by atoms with E-state index in [9.17, 15) is 0 Å². The molecule has 0 radical (unpaired) electrons. The summed E-state index contributed by atoms with van der Waals surface area (Å²) < 4.78 is 0.986. The quantitative estimate of drug-likeness (QED) is 0.557. The molecule has 1 aromatic heterocycles. The van der Waals surface area contributed by atoms with Crippen LogP contribution in [0.4, 0.5) is 0 Å². The van der Waals surface area contributed by atoms with Gasteiger partial charge >= 0.3 is 0 Å². The van der Waals surface area contributed by atoms with Gasteiger partial charge in [0.1, 0.15) is 5.15 Å². The summed E-state index contributed by atoms with van der Waals surface area (Å²) in [6.07, 6.45) is 0.939. The van der Waals surface area contributed by atoms with E-state index in [2.05, 4.69) is 33.9 Å². The van der Waals surface area contributed by atoms with E-state index in [4.69, 9.17) is 16.6 Å². The standard InChI is InChI=1S/C17H14BrClN2/c1-3-11-6-4-5-7-13(11)17-20-15-10(2)8-12(18)9-14(15)16(19)21-17/h4-9H,3H2,1-2H3. The van der Waals surface area contributed by atoms with Crippen molar-refractivity contribution in [3.8, 4) is 11.4 Å². The van der Waals surface area contributed by atoms with Gasteiger partial charge in [0.2, 0.25) is 0 Å². The molecule has 0 fully saturated rings. The lowest BCUT2D eigenvalue weighted by Crippen LogP contribution is -1.96. The van der Waals surface area contributed by atoms with Crippen LogP contribution in [0, 0.1) is 6.92 Å². The molecule has 0 atom stereocenters. The topological polar surface area (TPSA) is 25.8 Å². The first kappa shape index (κ1) is 14.5. The average Bonchev–Trinajstić information content (AvgIpc) is 2.48. The third-order valence-electron chi connectivity index (χ3n) is 3.55. The van der Waals surface area contributed by atoms with E-state index in [1.165, 1.54) is 5.56 Å². The first-order valence-electron chi connectivity index (χ1n) is 6.82. The molecule has 106 valence electrons. The average molecular weight is 362 g/mol. The number of benzene rings is 2. The fraction of sp³-hybridized carbons (Fsp3) is 0.176. The molecule has 0 bridgehead atoms. The highest BCUT2D eigenvalue weighted by Crippen LogP contribution is 2.30. The van der Waals surface area contributed by atoms with E-state index < -0.39 is 0 Å². The molecule has 0 unspecified atom stereocenters. The summed E-state index contributed by atoms with van der Waals surface area (Å²) in [5, 5.41) is 1.37. The molecule has 0 saturated heterocycles. The predicted octanol–water partition coefficient (Wildman–Crippen LogP) is 5.58. The fourth-order valence-corrected chi connectivity index (χ4v) is 3.29. The summed E-state index contributed by atoms with van der Waals surface area (Å²) in [6.45, 7) is 4.16. The highest BCUT2D eigenvalue weighted by Gasteiger charge is 2.12. The molecule has 0 spiro atoms. The highest BCUT2D eigenvalue weighted by molar-refractivity contribution is 9.10. The Bertz CT molecular complexity index is 830. The van der Waals surface area contributed by atoms with E-state index in [1.807, 2.05) is 37.3 Å². The summed E-state index contributed by atoms with van der Waals surface area (Å²) in [6, 6.07) is 12.2. The molecule has 0 aliphatic heterocycles. The van der Waals surface area contributed by atoms with Crippen LogP contribution in [0.5, 0.6) is 0 Å². The minimum absolute atomic E-state index is 0.491. The van der Waals surface area contributed by atoms with Crippen LogP contribution in [0.3, 0.4) is 0 Å². The lowest BCUT2D eigenvalue weighted by atomic mass is 10.0. The monoisotopic (exact) mass is 360 g/mol. The summed E-state index contributed by atoms with van der Waals surface area (Å²) in [5.41, 5.74) is 4.26. The van der Waals surface area contributed by atoms with E-state index in [-0.39, 0.29) is 0 Å². The summed E-state index contributed by atoms with van der Waals surface area (Å²) in [7, 11) is 0. The van der Waals surface area contributed by atoms with Gasteiger partial charge in [0.25, 0.3) is 0 Å². The Kier molecular flexibility index (Phi) is 3.96. The van der Waals surface area contributed by atoms with Crippen molar-refractivity contribution >= 4 is 38.4 Å². The van der Waals surface area contributed by atoms with Crippen molar-refractivity contribution in [1.29, 1.82) is 0 Å².